The highest BCUT2D eigenvalue weighted by atomic mass is 79.9. The van der Waals surface area contributed by atoms with Gasteiger partial charge < -0.3 is 10.3 Å². The molecule has 1 aliphatic carbocycles. The Labute approximate surface area is 182 Å². The fraction of sp³-hybridized carbons (Fsp3) is 0.476. The summed E-state index contributed by atoms with van der Waals surface area (Å²) < 4.78 is 0. The Kier molecular flexibility index (Phi) is 10.2. The number of H-pyrrole nitrogens is 1. The van der Waals surface area contributed by atoms with E-state index in [0.717, 1.165) is 29.3 Å². The zero-order valence-corrected chi connectivity index (χ0v) is 18.6. The molecule has 2 N–H and O–H groups in total. The van der Waals surface area contributed by atoms with Crippen LogP contribution >= 0.6 is 28.7 Å². The first-order valence-corrected chi connectivity index (χ1v) is 10.7. The first-order valence-electron chi connectivity index (χ1n) is 9.73. The molecule has 7 heteroatoms. The maximum absolute atomic E-state index is 8.92. The van der Waals surface area contributed by atoms with Gasteiger partial charge in [0.1, 0.15) is 0 Å². The van der Waals surface area contributed by atoms with Gasteiger partial charge >= 0.3 is 0 Å². The highest BCUT2D eigenvalue weighted by Crippen LogP contribution is 2.19. The second-order valence-corrected chi connectivity index (χ2v) is 8.02. The second-order valence-electron chi connectivity index (χ2n) is 6.94. The van der Waals surface area contributed by atoms with Gasteiger partial charge in [0.2, 0.25) is 0 Å². The molecule has 0 radical (unpaired) electrons. The molecule has 1 aliphatic rings. The van der Waals surface area contributed by atoms with E-state index in [1.54, 1.807) is 6.33 Å². The van der Waals surface area contributed by atoms with Crippen LogP contribution in [0.2, 0.25) is 0 Å². The number of nitrogens with one attached hydrogen (secondary N) is 2. The van der Waals surface area contributed by atoms with E-state index in [4.69, 9.17) is 10.3 Å². The summed E-state index contributed by atoms with van der Waals surface area (Å²) >= 11 is 1.82. The number of aliphatic imine (C=N–C) groups is 1. The number of nitriles is 1. The van der Waals surface area contributed by atoms with Gasteiger partial charge in [-0.25, -0.2) is 4.98 Å². The van der Waals surface area contributed by atoms with E-state index in [1.807, 2.05) is 42.2 Å². The average molecular weight is 462 g/mol. The minimum absolute atomic E-state index is 0. The van der Waals surface area contributed by atoms with Crippen LogP contribution in [0.5, 0.6) is 0 Å². The molecule has 1 fully saturated rings. The molecule has 0 atom stereocenters. The number of aryl methyl sites for hydroxylation is 1. The van der Waals surface area contributed by atoms with Crippen LogP contribution < -0.4 is 5.32 Å². The van der Waals surface area contributed by atoms with E-state index in [9.17, 15) is 0 Å². The zero-order valence-electron chi connectivity index (χ0n) is 16.1. The molecule has 1 saturated carbocycles. The molecule has 0 spiro atoms. The van der Waals surface area contributed by atoms with Gasteiger partial charge in [-0.05, 0) is 43.4 Å². The van der Waals surface area contributed by atoms with Gasteiger partial charge in [0.15, 0.2) is 5.17 Å². The number of hydrogen-bond acceptors (Lipinski definition) is 4. The van der Waals surface area contributed by atoms with Crippen LogP contribution in [0, 0.1) is 11.3 Å². The Hall–Kier alpha value is -1.78. The van der Waals surface area contributed by atoms with Crippen molar-refractivity contribution in [1.82, 2.24) is 15.3 Å². The lowest BCUT2D eigenvalue weighted by Crippen LogP contribution is -2.35. The first-order chi connectivity index (χ1) is 13.3. The number of aromatic nitrogens is 2. The Balaban J connectivity index is 0.00000280. The topological polar surface area (TPSA) is 76.9 Å². The van der Waals surface area contributed by atoms with Crippen LogP contribution in [0.1, 0.15) is 55.3 Å². The van der Waals surface area contributed by atoms with Crippen molar-refractivity contribution in [3.63, 3.8) is 0 Å². The number of thioether (sulfide) groups is 1. The second kappa shape index (κ2) is 12.6. The summed E-state index contributed by atoms with van der Waals surface area (Å²) in [5.74, 6) is 1.03. The SMILES string of the molecule is Br.N#Cc1ccc(CN=C(NC2CCCCC2)SCCCc2cnc[nH]2)cc1. The number of aromatic amines is 1. The molecule has 2 aromatic rings. The van der Waals surface area contributed by atoms with Gasteiger partial charge in [0, 0.05) is 23.7 Å². The van der Waals surface area contributed by atoms with E-state index >= 15 is 0 Å². The molecule has 1 aromatic heterocycles. The lowest BCUT2D eigenvalue weighted by atomic mass is 9.96. The largest absolute Gasteiger partial charge is 0.362 e. The molecule has 28 heavy (non-hydrogen) atoms. The van der Waals surface area contributed by atoms with Crippen LogP contribution in [0.3, 0.4) is 0 Å². The monoisotopic (exact) mass is 461 g/mol. The molecule has 0 saturated heterocycles. The van der Waals surface area contributed by atoms with Crippen molar-refractivity contribution in [2.45, 2.75) is 57.5 Å². The molecule has 1 heterocycles. The van der Waals surface area contributed by atoms with Crippen molar-refractivity contribution in [2.24, 2.45) is 4.99 Å². The maximum atomic E-state index is 8.92. The van der Waals surface area contributed by atoms with Crippen LogP contribution in [-0.4, -0.2) is 26.9 Å². The van der Waals surface area contributed by atoms with E-state index in [-0.39, 0.29) is 17.0 Å². The third-order valence-electron chi connectivity index (χ3n) is 4.81. The minimum Gasteiger partial charge on any atom is -0.362 e. The summed E-state index contributed by atoms with van der Waals surface area (Å²) in [4.78, 5) is 12.1. The highest BCUT2D eigenvalue weighted by Gasteiger charge is 2.15. The van der Waals surface area contributed by atoms with Gasteiger partial charge in [0.05, 0.1) is 24.5 Å². The van der Waals surface area contributed by atoms with Gasteiger partial charge in [-0.1, -0.05) is 43.2 Å². The molecule has 0 aliphatic heterocycles. The summed E-state index contributed by atoms with van der Waals surface area (Å²) in [6.07, 6.45) is 12.2. The zero-order chi connectivity index (χ0) is 18.7. The molecule has 0 unspecified atom stereocenters. The quantitative estimate of drug-likeness (QED) is 0.345. The van der Waals surface area contributed by atoms with Crippen molar-refractivity contribution < 1.29 is 0 Å². The Morgan fingerprint density at radius 2 is 2.04 bits per heavy atom. The average Bonchev–Trinajstić information content (AvgIpc) is 3.24. The van der Waals surface area contributed by atoms with Gasteiger partial charge in [0.25, 0.3) is 0 Å². The number of nitrogens with zero attached hydrogens (tertiary/aromatic N) is 3. The lowest BCUT2D eigenvalue weighted by Gasteiger charge is -2.24. The van der Waals surface area contributed by atoms with Crippen molar-refractivity contribution in [1.29, 1.82) is 5.26 Å². The summed E-state index contributed by atoms with van der Waals surface area (Å²) in [7, 11) is 0. The molecule has 5 nitrogen and oxygen atoms in total. The van der Waals surface area contributed by atoms with Gasteiger partial charge in [-0.2, -0.15) is 5.26 Å². The first kappa shape index (κ1) is 22.5. The fourth-order valence-electron chi connectivity index (χ4n) is 3.26. The van der Waals surface area contributed by atoms with E-state index < -0.39 is 0 Å². The smallest absolute Gasteiger partial charge is 0.157 e. The summed E-state index contributed by atoms with van der Waals surface area (Å²) in [5, 5.41) is 13.7. The Morgan fingerprint density at radius 3 is 2.71 bits per heavy atom. The van der Waals surface area contributed by atoms with Gasteiger partial charge in [-0.3, -0.25) is 4.99 Å². The molecule has 0 bridgehead atoms. The number of imidazole rings is 1. The Bertz CT molecular complexity index is 746. The number of benzene rings is 1. The summed E-state index contributed by atoms with van der Waals surface area (Å²) in [6.45, 7) is 0.647. The molecule has 150 valence electrons. The third kappa shape index (κ3) is 7.69. The standard InChI is InChI=1S/C21H27N5S.BrH/c22-13-17-8-10-18(11-9-17)14-24-21(26-19-5-2-1-3-6-19)27-12-4-7-20-15-23-16-25-20;/h8-11,15-16,19H,1-7,12,14H2,(H,23,25)(H,24,26);1H. The van der Waals surface area contributed by atoms with Crippen LogP contribution in [0.4, 0.5) is 0 Å². The van der Waals surface area contributed by atoms with Crippen molar-refractivity contribution in [3.05, 3.63) is 53.6 Å². The van der Waals surface area contributed by atoms with Crippen molar-refractivity contribution in [3.8, 4) is 6.07 Å². The predicted molar refractivity (Wildman–Crippen MR) is 122 cm³/mol. The van der Waals surface area contributed by atoms with Crippen molar-refractivity contribution in [2.75, 3.05) is 5.75 Å². The maximum Gasteiger partial charge on any atom is 0.157 e. The van der Waals surface area contributed by atoms with Crippen LogP contribution in [0.15, 0.2) is 41.8 Å². The molecule has 3 rings (SSSR count). The highest BCUT2D eigenvalue weighted by molar-refractivity contribution is 8.93. The molecular weight excluding hydrogens is 434 g/mol. The number of hydrogen-bond donors (Lipinski definition) is 2. The molecule has 0 amide bonds. The summed E-state index contributed by atoms with van der Waals surface area (Å²) in [6, 6.07) is 10.4. The fourth-order valence-corrected chi connectivity index (χ4v) is 4.14. The van der Waals surface area contributed by atoms with Gasteiger partial charge in [-0.15, -0.1) is 17.0 Å². The lowest BCUT2D eigenvalue weighted by molar-refractivity contribution is 0.415. The molecule has 1 aromatic carbocycles. The van der Waals surface area contributed by atoms with Crippen molar-refractivity contribution >= 4 is 33.9 Å². The van der Waals surface area contributed by atoms with E-state index in [2.05, 4.69) is 21.4 Å². The van der Waals surface area contributed by atoms with Crippen LogP contribution in [0.25, 0.3) is 0 Å². The van der Waals surface area contributed by atoms with E-state index in [1.165, 1.54) is 37.8 Å². The predicted octanol–water partition coefficient (Wildman–Crippen LogP) is 5.00. The Morgan fingerprint density at radius 1 is 1.25 bits per heavy atom. The summed E-state index contributed by atoms with van der Waals surface area (Å²) in [5.41, 5.74) is 3.01. The normalized spacial score (nSPS) is 14.9. The van der Waals surface area contributed by atoms with E-state index in [0.29, 0.717) is 18.2 Å². The number of rotatable bonds is 7. The molecular formula is C21H28BrN5S. The van der Waals surface area contributed by atoms with Crippen LogP contribution in [-0.2, 0) is 13.0 Å². The third-order valence-corrected chi connectivity index (χ3v) is 5.82. The number of amidine groups is 1. The minimum atomic E-state index is 0. The number of halogens is 1.